The normalized spacial score (nSPS) is 15.5. The molecule has 3 heterocycles. The van der Waals surface area contributed by atoms with Gasteiger partial charge < -0.3 is 29.0 Å². The van der Waals surface area contributed by atoms with E-state index in [1.54, 1.807) is 31.4 Å². The predicted octanol–water partition coefficient (Wildman–Crippen LogP) is 7.35. The maximum Gasteiger partial charge on any atom is 0.255 e. The number of amides is 2. The highest BCUT2D eigenvalue weighted by Crippen LogP contribution is 2.43. The van der Waals surface area contributed by atoms with Gasteiger partial charge in [-0.3, -0.25) is 14.5 Å². The first-order valence-corrected chi connectivity index (χ1v) is 19.2. The molecular weight excluding hydrogens is 726 g/mol. The minimum Gasteiger partial charge on any atom is -0.496 e. The van der Waals surface area contributed by atoms with E-state index >= 15 is 4.79 Å². The average Bonchev–Trinajstić information content (AvgIpc) is 3.48. The molecule has 11 heteroatoms. The average molecular weight is 772 g/mol. The van der Waals surface area contributed by atoms with Crippen molar-refractivity contribution in [1.82, 2.24) is 19.7 Å². The summed E-state index contributed by atoms with van der Waals surface area (Å²) >= 11 is 6.39. The summed E-state index contributed by atoms with van der Waals surface area (Å²) < 4.78 is 18.9. The molecule has 4 aromatic carbocycles. The van der Waals surface area contributed by atoms with Crippen LogP contribution < -0.4 is 14.8 Å². The number of aromatic nitrogens is 1. The van der Waals surface area contributed by atoms with E-state index in [0.29, 0.717) is 77.1 Å². The van der Waals surface area contributed by atoms with Crippen LogP contribution in [-0.4, -0.2) is 79.3 Å². The van der Waals surface area contributed by atoms with E-state index in [4.69, 9.17) is 25.8 Å². The second-order valence-electron chi connectivity index (χ2n) is 14.4. The van der Waals surface area contributed by atoms with Gasteiger partial charge in [-0.05, 0) is 78.4 Å². The highest BCUT2D eigenvalue weighted by Gasteiger charge is 2.35. The van der Waals surface area contributed by atoms with E-state index in [1.807, 2.05) is 72.8 Å². The SMILES string of the molecule is COc1cc(-c2c(-c3ccc(Cl)cc3)c(C(=O)NCc3cccc(OC)c3C)c(C)n2C)c(C(=O)N2Cc3ccccc3C[C@H]2CN2CCOCC2)cc1C#N. The van der Waals surface area contributed by atoms with E-state index in [9.17, 15) is 10.1 Å². The molecule has 7 rings (SSSR count). The Morgan fingerprint density at radius 2 is 1.66 bits per heavy atom. The maximum absolute atomic E-state index is 15.3. The molecule has 1 fully saturated rings. The molecule has 0 saturated carbocycles. The standard InChI is InChI=1S/C45H46ClN5O5/c1-28-32(11-8-12-39(28)54-4)25-48-44(52)41-29(2)49(3)43(42(41)30-13-15-35(46)16-14-30)37-23-40(55-5)34(24-47)22-38(37)45(53)51-26-33-10-7-6-9-31(33)21-36(51)27-50-17-19-56-20-18-50/h6-16,22-23,36H,17-21,25-27H2,1-5H3,(H,48,52)/t36-/m0/s1. The number of benzene rings is 4. The number of halogens is 1. The number of nitrogens with one attached hydrogen (secondary N) is 1. The first kappa shape index (κ1) is 38.7. The van der Waals surface area contributed by atoms with Crippen LogP contribution in [0.2, 0.25) is 5.02 Å². The molecule has 1 atom stereocenters. The van der Waals surface area contributed by atoms with Crippen LogP contribution in [0.4, 0.5) is 0 Å². The number of methoxy groups -OCH3 is 2. The molecule has 1 aromatic heterocycles. The van der Waals surface area contributed by atoms with Crippen molar-refractivity contribution in [1.29, 1.82) is 5.26 Å². The summed E-state index contributed by atoms with van der Waals surface area (Å²) in [6.45, 7) is 8.15. The molecule has 2 amide bonds. The van der Waals surface area contributed by atoms with Crippen molar-refractivity contribution in [3.8, 4) is 40.0 Å². The van der Waals surface area contributed by atoms with Gasteiger partial charge in [0.25, 0.3) is 11.8 Å². The van der Waals surface area contributed by atoms with Crippen molar-refractivity contribution in [3.05, 3.63) is 129 Å². The number of nitriles is 1. The van der Waals surface area contributed by atoms with Crippen molar-refractivity contribution >= 4 is 23.4 Å². The zero-order valence-corrected chi connectivity index (χ0v) is 33.2. The fraction of sp³-hybridized carbons (Fsp3) is 0.311. The molecule has 56 heavy (non-hydrogen) atoms. The Kier molecular flexibility index (Phi) is 11.5. The van der Waals surface area contributed by atoms with E-state index in [1.165, 1.54) is 12.7 Å². The first-order chi connectivity index (χ1) is 27.1. The summed E-state index contributed by atoms with van der Waals surface area (Å²) in [5.41, 5.74) is 8.52. The molecule has 0 unspecified atom stereocenters. The fourth-order valence-corrected chi connectivity index (χ4v) is 8.19. The van der Waals surface area contributed by atoms with Crippen LogP contribution in [0.15, 0.2) is 78.9 Å². The third kappa shape index (κ3) is 7.50. The molecule has 0 bridgehead atoms. The van der Waals surface area contributed by atoms with Crippen LogP contribution in [0.3, 0.4) is 0 Å². The summed E-state index contributed by atoms with van der Waals surface area (Å²) in [5, 5.41) is 14.0. The van der Waals surface area contributed by atoms with Crippen LogP contribution in [0.1, 0.15) is 54.2 Å². The van der Waals surface area contributed by atoms with Gasteiger partial charge in [-0.2, -0.15) is 5.26 Å². The lowest BCUT2D eigenvalue weighted by Crippen LogP contribution is -2.52. The number of hydrogen-bond acceptors (Lipinski definition) is 7. The number of hydrogen-bond donors (Lipinski definition) is 1. The molecule has 10 nitrogen and oxygen atoms in total. The summed E-state index contributed by atoms with van der Waals surface area (Å²) in [4.78, 5) is 34.1. The van der Waals surface area contributed by atoms with Crippen LogP contribution in [0, 0.1) is 25.2 Å². The lowest BCUT2D eigenvalue weighted by Gasteiger charge is -2.40. The molecular formula is C45H46ClN5O5. The third-order valence-electron chi connectivity index (χ3n) is 11.2. The van der Waals surface area contributed by atoms with Crippen molar-refractivity contribution in [2.75, 3.05) is 47.1 Å². The number of carbonyl (C=O) groups excluding carboxylic acids is 2. The lowest BCUT2D eigenvalue weighted by atomic mass is 9.90. The first-order valence-electron chi connectivity index (χ1n) is 18.8. The quantitative estimate of drug-likeness (QED) is 0.158. The smallest absolute Gasteiger partial charge is 0.255 e. The van der Waals surface area contributed by atoms with Crippen molar-refractivity contribution in [2.24, 2.45) is 7.05 Å². The van der Waals surface area contributed by atoms with E-state index in [0.717, 1.165) is 41.1 Å². The summed E-state index contributed by atoms with van der Waals surface area (Å²) in [7, 11) is 5.03. The van der Waals surface area contributed by atoms with Gasteiger partial charge in [0.2, 0.25) is 0 Å². The molecule has 2 aliphatic heterocycles. The van der Waals surface area contributed by atoms with Crippen LogP contribution >= 0.6 is 11.6 Å². The van der Waals surface area contributed by atoms with Gasteiger partial charge >= 0.3 is 0 Å². The number of morpholine rings is 1. The number of rotatable bonds is 10. The van der Waals surface area contributed by atoms with Crippen LogP contribution in [0.5, 0.6) is 11.5 Å². The molecule has 0 spiro atoms. The Bertz CT molecular complexity index is 2320. The Labute approximate surface area is 333 Å². The maximum atomic E-state index is 15.3. The highest BCUT2D eigenvalue weighted by atomic mass is 35.5. The van der Waals surface area contributed by atoms with E-state index in [-0.39, 0.29) is 30.0 Å². The molecule has 5 aromatic rings. The minimum atomic E-state index is -0.275. The molecule has 288 valence electrons. The second kappa shape index (κ2) is 16.6. The lowest BCUT2D eigenvalue weighted by molar-refractivity contribution is 0.0193. The Morgan fingerprint density at radius 1 is 0.946 bits per heavy atom. The fourth-order valence-electron chi connectivity index (χ4n) is 8.06. The Hall–Kier alpha value is -5.60. The Balaban J connectivity index is 1.38. The highest BCUT2D eigenvalue weighted by molar-refractivity contribution is 6.30. The molecule has 2 aliphatic rings. The van der Waals surface area contributed by atoms with Gasteiger partial charge in [-0.15, -0.1) is 0 Å². The number of carbonyl (C=O) groups is 2. The number of fused-ring (bicyclic) bond motifs is 1. The van der Waals surface area contributed by atoms with Crippen LogP contribution in [-0.2, 0) is 31.3 Å². The molecule has 0 aliphatic carbocycles. The largest absolute Gasteiger partial charge is 0.496 e. The van der Waals surface area contributed by atoms with Gasteiger partial charge in [0.15, 0.2) is 0 Å². The van der Waals surface area contributed by atoms with Crippen LogP contribution in [0.25, 0.3) is 22.4 Å². The summed E-state index contributed by atoms with van der Waals surface area (Å²) in [5.74, 6) is 0.594. The van der Waals surface area contributed by atoms with Crippen molar-refractivity contribution < 1.29 is 23.8 Å². The third-order valence-corrected chi connectivity index (χ3v) is 11.5. The monoisotopic (exact) mass is 771 g/mol. The van der Waals surface area contributed by atoms with Gasteiger partial charge in [0.1, 0.15) is 17.6 Å². The van der Waals surface area contributed by atoms with E-state index < -0.39 is 0 Å². The topological polar surface area (TPSA) is 109 Å². The number of nitrogens with zero attached hydrogens (tertiary/aromatic N) is 4. The zero-order chi connectivity index (χ0) is 39.5. The summed E-state index contributed by atoms with van der Waals surface area (Å²) in [6.07, 6.45) is 0.701. The van der Waals surface area contributed by atoms with Gasteiger partial charge in [0.05, 0.1) is 49.8 Å². The van der Waals surface area contributed by atoms with Crippen molar-refractivity contribution in [2.45, 2.75) is 39.4 Å². The Morgan fingerprint density at radius 3 is 2.36 bits per heavy atom. The molecule has 1 saturated heterocycles. The molecule has 1 N–H and O–H groups in total. The van der Waals surface area contributed by atoms with Gasteiger partial charge in [-0.1, -0.05) is 60.1 Å². The zero-order valence-electron chi connectivity index (χ0n) is 32.4. The summed E-state index contributed by atoms with van der Waals surface area (Å²) in [6, 6.07) is 26.9. The van der Waals surface area contributed by atoms with Gasteiger partial charge in [0, 0.05) is 67.7 Å². The second-order valence-corrected chi connectivity index (χ2v) is 14.8. The molecule has 0 radical (unpaired) electrons. The minimum absolute atomic E-state index is 0.122. The predicted molar refractivity (Wildman–Crippen MR) is 217 cm³/mol. The van der Waals surface area contributed by atoms with Gasteiger partial charge in [-0.25, -0.2) is 0 Å². The number of ether oxygens (including phenoxy) is 3. The van der Waals surface area contributed by atoms with Crippen molar-refractivity contribution in [3.63, 3.8) is 0 Å². The van der Waals surface area contributed by atoms with E-state index in [2.05, 4.69) is 28.4 Å².